The second-order valence-electron chi connectivity index (χ2n) is 4.38. The van der Waals surface area contributed by atoms with Crippen molar-refractivity contribution in [3.05, 3.63) is 50.3 Å². The molecule has 0 saturated carbocycles. The largest absolute Gasteiger partial charge is 0.324 e. The van der Waals surface area contributed by atoms with E-state index in [4.69, 9.17) is 0 Å². The van der Waals surface area contributed by atoms with Crippen molar-refractivity contribution >= 4 is 68.3 Å². The number of thiophene rings is 1. The Labute approximate surface area is 143 Å². The summed E-state index contributed by atoms with van der Waals surface area (Å²) in [6.07, 6.45) is 0. The molecule has 110 valence electrons. The molecule has 0 radical (unpaired) electrons. The van der Waals surface area contributed by atoms with Gasteiger partial charge in [0.15, 0.2) is 0 Å². The highest BCUT2D eigenvalue weighted by atomic mass is 32.2. The number of allylic oxidation sites excluding steroid dienone is 3. The molecule has 0 aliphatic carbocycles. The lowest BCUT2D eigenvalue weighted by Gasteiger charge is -2.01. The zero-order valence-electron chi connectivity index (χ0n) is 11.5. The average molecular weight is 374 g/mol. The monoisotopic (exact) mass is 373 g/mol. The van der Waals surface area contributed by atoms with Crippen molar-refractivity contribution in [3.63, 3.8) is 0 Å². The van der Waals surface area contributed by atoms with Crippen LogP contribution < -0.4 is 0 Å². The molecule has 3 rings (SSSR count). The van der Waals surface area contributed by atoms with Gasteiger partial charge in [0.2, 0.25) is 0 Å². The maximum Gasteiger partial charge on any atom is 0.324 e. The molecule has 8 heteroatoms. The Morgan fingerprint density at radius 2 is 1.48 bits per heavy atom. The molecule has 3 nitrogen and oxygen atoms in total. The predicted octanol–water partition coefficient (Wildman–Crippen LogP) is 6.68. The maximum absolute atomic E-state index is 10.8. The quantitative estimate of drug-likeness (QED) is 0.425. The average Bonchev–Trinajstić information content (AvgIpc) is 3.09. The summed E-state index contributed by atoms with van der Waals surface area (Å²) in [6, 6.07) is 3.44. The summed E-state index contributed by atoms with van der Waals surface area (Å²) in [7, 11) is 0. The third-order valence-corrected chi connectivity index (χ3v) is 9.89. The first kappa shape index (κ1) is 15.6. The van der Waals surface area contributed by atoms with Crippen LogP contribution in [0.15, 0.2) is 35.3 Å². The third kappa shape index (κ3) is 3.10. The Bertz CT molecular complexity index is 713. The molecule has 0 spiro atoms. The Morgan fingerprint density at radius 3 is 2.05 bits per heavy atom. The summed E-state index contributed by atoms with van der Waals surface area (Å²) in [5.41, 5.74) is 0. The molecule has 21 heavy (non-hydrogen) atoms. The van der Waals surface area contributed by atoms with Crippen molar-refractivity contribution in [1.29, 1.82) is 0 Å². The van der Waals surface area contributed by atoms with E-state index in [0.29, 0.717) is 0 Å². The van der Waals surface area contributed by atoms with Crippen molar-refractivity contribution in [2.75, 3.05) is 0 Å². The normalized spacial score (nSPS) is 19.2. The zero-order valence-corrected chi connectivity index (χ0v) is 15.5. The standard InChI is InChI=1S/C13H11NO2S5/c1-6-7(2)18-12(17-6)13-19-8(3)11(21-13)9-4-5-10(20-9)14(15)16/h4-5H,1-3H3. The molecular formula is C13H11NO2S5. The number of nitro groups is 1. The highest BCUT2D eigenvalue weighted by molar-refractivity contribution is 8.35. The van der Waals surface area contributed by atoms with Crippen LogP contribution in [0.3, 0.4) is 0 Å². The summed E-state index contributed by atoms with van der Waals surface area (Å²) in [5, 5.41) is 11.0. The van der Waals surface area contributed by atoms with E-state index in [0.717, 1.165) is 9.78 Å². The van der Waals surface area contributed by atoms with E-state index >= 15 is 0 Å². The smallest absolute Gasteiger partial charge is 0.258 e. The van der Waals surface area contributed by atoms with Crippen LogP contribution in [0.25, 0.3) is 4.91 Å². The van der Waals surface area contributed by atoms with Crippen LogP contribution in [0.4, 0.5) is 5.00 Å². The summed E-state index contributed by atoms with van der Waals surface area (Å²) in [5.74, 6) is 0. The van der Waals surface area contributed by atoms with Crippen LogP contribution in [-0.2, 0) is 0 Å². The number of rotatable bonds is 2. The minimum atomic E-state index is -0.324. The van der Waals surface area contributed by atoms with E-state index in [1.165, 1.54) is 34.5 Å². The van der Waals surface area contributed by atoms with Crippen molar-refractivity contribution in [3.8, 4) is 0 Å². The first-order valence-corrected chi connectivity index (χ1v) is 10.1. The Morgan fingerprint density at radius 1 is 0.905 bits per heavy atom. The second-order valence-corrected chi connectivity index (χ2v) is 10.6. The van der Waals surface area contributed by atoms with E-state index < -0.39 is 0 Å². The van der Waals surface area contributed by atoms with Gasteiger partial charge in [0, 0.05) is 20.8 Å². The highest BCUT2D eigenvalue weighted by Crippen LogP contribution is 2.62. The van der Waals surface area contributed by atoms with Crippen molar-refractivity contribution < 1.29 is 4.92 Å². The van der Waals surface area contributed by atoms with Crippen LogP contribution in [0.5, 0.6) is 0 Å². The lowest BCUT2D eigenvalue weighted by molar-refractivity contribution is -0.380. The van der Waals surface area contributed by atoms with Crippen LogP contribution in [0, 0.1) is 10.1 Å². The van der Waals surface area contributed by atoms with Crippen LogP contribution >= 0.6 is 58.4 Å². The SMILES string of the molecule is CC1=C(C)SC(=C2SC(C)=C(c3ccc([N+](=O)[O-])s3)S2)S1. The first-order valence-electron chi connectivity index (χ1n) is 6.04. The van der Waals surface area contributed by atoms with Crippen LogP contribution in [0.1, 0.15) is 25.6 Å². The van der Waals surface area contributed by atoms with E-state index in [1.54, 1.807) is 29.6 Å². The molecule has 3 heterocycles. The van der Waals surface area contributed by atoms with Gasteiger partial charge in [0.05, 0.1) is 13.4 Å². The van der Waals surface area contributed by atoms with Crippen molar-refractivity contribution in [2.24, 2.45) is 0 Å². The van der Waals surface area contributed by atoms with Gasteiger partial charge in [-0.15, -0.1) is 0 Å². The van der Waals surface area contributed by atoms with E-state index in [2.05, 4.69) is 20.8 Å². The number of hydrogen-bond acceptors (Lipinski definition) is 7. The Kier molecular flexibility index (Phi) is 4.52. The zero-order chi connectivity index (χ0) is 15.1. The molecular weight excluding hydrogens is 362 g/mol. The van der Waals surface area contributed by atoms with E-state index in [-0.39, 0.29) is 9.92 Å². The van der Waals surface area contributed by atoms with Crippen LogP contribution in [0.2, 0.25) is 0 Å². The van der Waals surface area contributed by atoms with E-state index in [1.807, 2.05) is 29.6 Å². The predicted molar refractivity (Wildman–Crippen MR) is 99.3 cm³/mol. The van der Waals surface area contributed by atoms with E-state index in [9.17, 15) is 10.1 Å². The van der Waals surface area contributed by atoms with Gasteiger partial charge in [0.25, 0.3) is 0 Å². The molecule has 0 N–H and O–H groups in total. The van der Waals surface area contributed by atoms with Gasteiger partial charge in [-0.05, 0) is 36.6 Å². The fraction of sp³-hybridized carbons (Fsp3) is 0.231. The number of thioether (sulfide) groups is 4. The maximum atomic E-state index is 10.8. The molecule has 0 bridgehead atoms. The summed E-state index contributed by atoms with van der Waals surface area (Å²) in [4.78, 5) is 16.6. The van der Waals surface area contributed by atoms with Gasteiger partial charge in [-0.1, -0.05) is 58.4 Å². The summed E-state index contributed by atoms with van der Waals surface area (Å²) < 4.78 is 2.63. The molecule has 2 aliphatic heterocycles. The Balaban J connectivity index is 1.84. The second kappa shape index (κ2) is 6.08. The van der Waals surface area contributed by atoms with Gasteiger partial charge in [0.1, 0.15) is 0 Å². The summed E-state index contributed by atoms with van der Waals surface area (Å²) in [6.45, 7) is 6.38. The van der Waals surface area contributed by atoms with Gasteiger partial charge < -0.3 is 0 Å². The first-order chi connectivity index (χ1) is 9.95. The number of hydrogen-bond donors (Lipinski definition) is 0. The third-order valence-electron chi connectivity index (χ3n) is 2.91. The molecule has 0 saturated heterocycles. The topological polar surface area (TPSA) is 43.1 Å². The lowest BCUT2D eigenvalue weighted by Crippen LogP contribution is -1.80. The van der Waals surface area contributed by atoms with Crippen LogP contribution in [-0.4, -0.2) is 4.92 Å². The van der Waals surface area contributed by atoms with Gasteiger partial charge in [-0.3, -0.25) is 10.1 Å². The lowest BCUT2D eigenvalue weighted by atomic mass is 10.4. The van der Waals surface area contributed by atoms with Gasteiger partial charge in [-0.2, -0.15) is 0 Å². The minimum absolute atomic E-state index is 0.204. The van der Waals surface area contributed by atoms with Gasteiger partial charge in [-0.25, -0.2) is 0 Å². The summed E-state index contributed by atoms with van der Waals surface area (Å²) >= 11 is 8.43. The fourth-order valence-corrected chi connectivity index (χ4v) is 8.25. The highest BCUT2D eigenvalue weighted by Gasteiger charge is 2.27. The van der Waals surface area contributed by atoms with Crippen molar-refractivity contribution in [1.82, 2.24) is 0 Å². The molecule has 2 aliphatic rings. The number of nitrogens with zero attached hydrogens (tertiary/aromatic N) is 1. The minimum Gasteiger partial charge on any atom is -0.258 e. The Hall–Kier alpha value is -0.280. The van der Waals surface area contributed by atoms with Crippen molar-refractivity contribution in [2.45, 2.75) is 20.8 Å². The molecule has 1 aromatic heterocycles. The van der Waals surface area contributed by atoms with Gasteiger partial charge >= 0.3 is 5.00 Å². The molecule has 0 amide bonds. The molecule has 0 fully saturated rings. The molecule has 0 aromatic carbocycles. The molecule has 0 unspecified atom stereocenters. The fourth-order valence-electron chi connectivity index (χ4n) is 1.75. The molecule has 0 atom stereocenters. The molecule has 1 aromatic rings.